The van der Waals surface area contributed by atoms with Crippen LogP contribution in [0.5, 0.6) is 0 Å². The molecule has 2 aromatic rings. The molecule has 1 aliphatic heterocycles. The lowest BCUT2D eigenvalue weighted by molar-refractivity contribution is -0.151. The maximum atomic E-state index is 13.2. The predicted octanol–water partition coefficient (Wildman–Crippen LogP) is 0.306. The molecular formula is C26H33N3O8. The molecule has 37 heavy (non-hydrogen) atoms. The number of aliphatic carboxylic acids is 1. The summed E-state index contributed by atoms with van der Waals surface area (Å²) in [5.41, 5.74) is 4.94. The number of carboxylic acids is 1. The van der Waals surface area contributed by atoms with E-state index in [1.54, 1.807) is 43.3 Å². The van der Waals surface area contributed by atoms with Crippen LogP contribution in [0.4, 0.5) is 0 Å². The summed E-state index contributed by atoms with van der Waals surface area (Å²) in [6.07, 6.45) is -0.846. The number of nitrogens with two attached hydrogens (primary N) is 1. The summed E-state index contributed by atoms with van der Waals surface area (Å²) in [5.74, 6) is -7.13. The number of benzene rings is 2. The molecule has 0 spiro atoms. The number of aliphatic hydroxyl groups excluding tert-OH is 3. The number of carbonyl (C=O) groups is 4. The number of aliphatic hydroxyl groups is 3. The number of hydrogen-bond acceptors (Lipinski definition) is 8. The van der Waals surface area contributed by atoms with Crippen LogP contribution in [0, 0.1) is 17.8 Å². The van der Waals surface area contributed by atoms with Gasteiger partial charge in [-0.05, 0) is 29.3 Å². The molecule has 0 bridgehead atoms. The van der Waals surface area contributed by atoms with Gasteiger partial charge in [-0.15, -0.1) is 0 Å². The van der Waals surface area contributed by atoms with Crippen molar-refractivity contribution in [2.24, 2.45) is 23.5 Å². The van der Waals surface area contributed by atoms with Crippen LogP contribution in [0.25, 0.3) is 10.8 Å². The largest absolute Gasteiger partial charge is 0.481 e. The number of nitrogens with zero attached hydrogens (tertiary/aromatic N) is 1. The van der Waals surface area contributed by atoms with Gasteiger partial charge in [0.1, 0.15) is 5.54 Å². The second kappa shape index (κ2) is 11.3. The zero-order valence-electron chi connectivity index (χ0n) is 20.8. The van der Waals surface area contributed by atoms with E-state index < -0.39 is 73.0 Å². The minimum Gasteiger partial charge on any atom is -0.481 e. The van der Waals surface area contributed by atoms with E-state index in [1.165, 1.54) is 6.92 Å². The third-order valence-corrected chi connectivity index (χ3v) is 7.14. The third-order valence-electron chi connectivity index (χ3n) is 7.14. The molecule has 1 aliphatic rings. The van der Waals surface area contributed by atoms with Crippen molar-refractivity contribution in [3.8, 4) is 0 Å². The molecule has 11 heteroatoms. The van der Waals surface area contributed by atoms with Crippen molar-refractivity contribution >= 4 is 34.5 Å². The van der Waals surface area contributed by atoms with Gasteiger partial charge in [0.05, 0.1) is 48.9 Å². The summed E-state index contributed by atoms with van der Waals surface area (Å²) in [6, 6.07) is 10.4. The van der Waals surface area contributed by atoms with E-state index in [-0.39, 0.29) is 17.5 Å². The molecule has 200 valence electrons. The molecule has 0 radical (unpaired) electrons. The number of nitrogens with one attached hydrogen (secondary N) is 1. The normalized spacial score (nSPS) is 16.9. The summed E-state index contributed by atoms with van der Waals surface area (Å²) < 4.78 is 0. The standard InChI is InChI=1S/C26H33N3O8/c1-3-6-17(22(33)28-26(11-30,12-31)13-32)20(25(36)37)14(2)21(27)29-23(34)18-9-15-7-4-5-8-16(15)10-19(18)24(29)35/h4-5,7-10,14,17,20-21,30-32H,3,6,11-13,27H2,1-2H3,(H,28,33)(H,36,37)/t14?,17-,20+,21?/m0/s1. The van der Waals surface area contributed by atoms with Gasteiger partial charge < -0.3 is 31.5 Å². The molecule has 3 rings (SSSR count). The van der Waals surface area contributed by atoms with E-state index in [2.05, 4.69) is 5.32 Å². The zero-order valence-corrected chi connectivity index (χ0v) is 20.8. The number of carbonyl (C=O) groups excluding carboxylic acids is 3. The van der Waals surface area contributed by atoms with Crippen molar-refractivity contribution in [1.82, 2.24) is 10.2 Å². The van der Waals surface area contributed by atoms with Crippen LogP contribution in [-0.2, 0) is 9.59 Å². The summed E-state index contributed by atoms with van der Waals surface area (Å²) >= 11 is 0. The summed E-state index contributed by atoms with van der Waals surface area (Å²) in [6.45, 7) is 0.870. The van der Waals surface area contributed by atoms with Gasteiger partial charge in [-0.25, -0.2) is 0 Å². The van der Waals surface area contributed by atoms with Gasteiger partial charge in [0.25, 0.3) is 11.8 Å². The molecule has 7 N–H and O–H groups in total. The van der Waals surface area contributed by atoms with Crippen molar-refractivity contribution in [3.63, 3.8) is 0 Å². The average molecular weight is 516 g/mol. The van der Waals surface area contributed by atoms with Crippen molar-refractivity contribution in [2.75, 3.05) is 19.8 Å². The van der Waals surface area contributed by atoms with Gasteiger partial charge in [-0.2, -0.15) is 0 Å². The fourth-order valence-electron chi connectivity index (χ4n) is 4.84. The molecule has 0 saturated carbocycles. The predicted molar refractivity (Wildman–Crippen MR) is 133 cm³/mol. The van der Waals surface area contributed by atoms with Gasteiger partial charge >= 0.3 is 5.97 Å². The Morgan fingerprint density at radius 2 is 1.49 bits per heavy atom. The topological polar surface area (TPSA) is 190 Å². The maximum Gasteiger partial charge on any atom is 0.307 e. The molecule has 0 aliphatic carbocycles. The Kier molecular flexibility index (Phi) is 8.64. The molecule has 4 atom stereocenters. The number of imide groups is 1. The minimum atomic E-state index is -1.75. The number of fused-ring (bicyclic) bond motifs is 2. The highest BCUT2D eigenvalue weighted by Gasteiger charge is 2.47. The van der Waals surface area contributed by atoms with Crippen LogP contribution in [-0.4, -0.2) is 80.5 Å². The number of rotatable bonds is 12. The Bertz CT molecular complexity index is 1130. The second-order valence-corrected chi connectivity index (χ2v) is 9.58. The summed E-state index contributed by atoms with van der Waals surface area (Å²) in [5, 5.41) is 42.8. The summed E-state index contributed by atoms with van der Waals surface area (Å²) in [4.78, 5) is 52.9. The van der Waals surface area contributed by atoms with Crippen molar-refractivity contribution in [2.45, 2.75) is 38.4 Å². The zero-order chi connectivity index (χ0) is 27.5. The highest BCUT2D eigenvalue weighted by Crippen LogP contribution is 2.34. The minimum absolute atomic E-state index is 0.103. The van der Waals surface area contributed by atoms with Crippen molar-refractivity contribution < 1.29 is 39.6 Å². The number of amides is 3. The lowest BCUT2D eigenvalue weighted by Crippen LogP contribution is -2.60. The smallest absolute Gasteiger partial charge is 0.307 e. The van der Waals surface area contributed by atoms with E-state index in [0.29, 0.717) is 6.42 Å². The monoisotopic (exact) mass is 515 g/mol. The average Bonchev–Trinajstić information content (AvgIpc) is 3.13. The molecule has 1 heterocycles. The van der Waals surface area contributed by atoms with Crippen molar-refractivity contribution in [1.29, 1.82) is 0 Å². The first kappa shape index (κ1) is 28.2. The Hall–Kier alpha value is -3.38. The van der Waals surface area contributed by atoms with E-state index in [1.807, 2.05) is 0 Å². The Labute approximate surface area is 213 Å². The van der Waals surface area contributed by atoms with Gasteiger partial charge in [0.15, 0.2) is 0 Å². The molecule has 3 amide bonds. The van der Waals surface area contributed by atoms with E-state index in [9.17, 15) is 39.6 Å². The van der Waals surface area contributed by atoms with Crippen LogP contribution in [0.15, 0.2) is 36.4 Å². The first-order valence-corrected chi connectivity index (χ1v) is 12.1. The van der Waals surface area contributed by atoms with Crippen LogP contribution < -0.4 is 11.1 Å². The molecule has 2 unspecified atom stereocenters. The molecule has 11 nitrogen and oxygen atoms in total. The highest BCUT2D eigenvalue weighted by atomic mass is 16.4. The first-order chi connectivity index (χ1) is 17.6. The van der Waals surface area contributed by atoms with E-state index in [0.717, 1.165) is 15.7 Å². The third kappa shape index (κ3) is 5.21. The van der Waals surface area contributed by atoms with Crippen LogP contribution in [0.1, 0.15) is 47.4 Å². The van der Waals surface area contributed by atoms with E-state index >= 15 is 0 Å². The fraction of sp³-hybridized carbons (Fsp3) is 0.462. The van der Waals surface area contributed by atoms with Gasteiger partial charge in [-0.1, -0.05) is 44.5 Å². The fourth-order valence-corrected chi connectivity index (χ4v) is 4.84. The Balaban J connectivity index is 1.93. The summed E-state index contributed by atoms with van der Waals surface area (Å²) in [7, 11) is 0. The first-order valence-electron chi connectivity index (χ1n) is 12.1. The molecule has 0 aromatic heterocycles. The Morgan fingerprint density at radius 3 is 1.89 bits per heavy atom. The van der Waals surface area contributed by atoms with Gasteiger partial charge in [-0.3, -0.25) is 24.1 Å². The molecular weight excluding hydrogens is 482 g/mol. The van der Waals surface area contributed by atoms with E-state index in [4.69, 9.17) is 5.73 Å². The lowest BCUT2D eigenvalue weighted by atomic mass is 9.77. The number of carboxylic acid groups (broad SMARTS) is 1. The SMILES string of the molecule is CCC[C@H](C(=O)NC(CO)(CO)CO)[C@H](C(=O)O)C(C)C(N)N1C(=O)c2cc3ccccc3cc2C1=O. The number of hydrogen-bond donors (Lipinski definition) is 6. The quantitative estimate of drug-likeness (QED) is 0.216. The lowest BCUT2D eigenvalue weighted by Gasteiger charge is -2.36. The molecule has 0 fully saturated rings. The molecule has 0 saturated heterocycles. The van der Waals surface area contributed by atoms with Gasteiger partial charge in [0, 0.05) is 5.92 Å². The van der Waals surface area contributed by atoms with Crippen molar-refractivity contribution in [3.05, 3.63) is 47.5 Å². The maximum absolute atomic E-state index is 13.2. The second-order valence-electron chi connectivity index (χ2n) is 9.58. The highest BCUT2D eigenvalue weighted by molar-refractivity contribution is 6.23. The van der Waals surface area contributed by atoms with Crippen LogP contribution in [0.2, 0.25) is 0 Å². The van der Waals surface area contributed by atoms with Gasteiger partial charge in [0.2, 0.25) is 5.91 Å². The Morgan fingerprint density at radius 1 is 1.00 bits per heavy atom. The molecule has 2 aromatic carbocycles. The van der Waals surface area contributed by atoms with Crippen LogP contribution >= 0.6 is 0 Å². The van der Waals surface area contributed by atoms with Crippen LogP contribution in [0.3, 0.4) is 0 Å².